The zero-order valence-electron chi connectivity index (χ0n) is 24.6. The second-order valence-corrected chi connectivity index (χ2v) is 13.9. The van der Waals surface area contributed by atoms with Gasteiger partial charge < -0.3 is 19.9 Å². The normalized spacial score (nSPS) is 22.8. The number of rotatable bonds is 7. The Bertz CT molecular complexity index is 1440. The second kappa shape index (κ2) is 11.2. The standard InChI is InChI=1S/C28H40FN5O6S/c1-8-21(31-25(35)16(2)32(6)27(37)40-28(3,4)5)26(36)33-12-11-23-24(33)20(15-34(23)41(7,38)39)19-14-30-22-13-17(29)9-10-18(19)22/h9-10,13-14,16,20-21,23-24,30H,8,11-12,15H2,1-7H3,(H,31,35)/t16-,20-,21-,23+,24+/m0/s1. The van der Waals surface area contributed by atoms with E-state index in [0.29, 0.717) is 24.9 Å². The summed E-state index contributed by atoms with van der Waals surface area (Å²) in [6, 6.07) is 1.74. The number of benzene rings is 1. The van der Waals surface area contributed by atoms with Gasteiger partial charge in [-0.1, -0.05) is 6.92 Å². The highest BCUT2D eigenvalue weighted by atomic mass is 32.2. The molecule has 2 fully saturated rings. The maximum Gasteiger partial charge on any atom is 0.410 e. The van der Waals surface area contributed by atoms with Crippen LogP contribution >= 0.6 is 0 Å². The third-order valence-electron chi connectivity index (χ3n) is 8.03. The summed E-state index contributed by atoms with van der Waals surface area (Å²) in [6.45, 7) is 9.04. The molecule has 0 spiro atoms. The number of nitrogens with one attached hydrogen (secondary N) is 2. The van der Waals surface area contributed by atoms with Gasteiger partial charge in [-0.3, -0.25) is 14.5 Å². The molecule has 0 radical (unpaired) electrons. The Morgan fingerprint density at radius 1 is 1.27 bits per heavy atom. The van der Waals surface area contributed by atoms with Crippen molar-refractivity contribution in [3.05, 3.63) is 35.8 Å². The summed E-state index contributed by atoms with van der Waals surface area (Å²) in [4.78, 5) is 45.5. The van der Waals surface area contributed by atoms with Crippen LogP contribution in [0.2, 0.25) is 0 Å². The fourth-order valence-electron chi connectivity index (χ4n) is 5.88. The minimum absolute atomic E-state index is 0.184. The number of fused-ring (bicyclic) bond motifs is 2. The van der Waals surface area contributed by atoms with Gasteiger partial charge in [-0.2, -0.15) is 4.31 Å². The Kier molecular flexibility index (Phi) is 8.43. The maximum absolute atomic E-state index is 13.9. The van der Waals surface area contributed by atoms with Crippen LogP contribution in [0.15, 0.2) is 24.4 Å². The lowest BCUT2D eigenvalue weighted by molar-refractivity contribution is -0.138. The SMILES string of the molecule is CC[C@H](NC(=O)[C@H](C)N(C)C(=O)OC(C)(C)C)C(=O)N1CC[C@@H]2[C@H]1[C@H](c1c[nH]c3cc(F)ccc13)CN2S(C)(=O)=O. The van der Waals surface area contributed by atoms with Crippen molar-refractivity contribution in [3.63, 3.8) is 0 Å². The largest absolute Gasteiger partial charge is 0.444 e. The molecule has 13 heteroatoms. The Labute approximate surface area is 240 Å². The molecule has 0 unspecified atom stereocenters. The first-order valence-electron chi connectivity index (χ1n) is 13.8. The molecule has 2 aliphatic heterocycles. The number of halogens is 1. The number of amides is 3. The summed E-state index contributed by atoms with van der Waals surface area (Å²) < 4.78 is 46.2. The van der Waals surface area contributed by atoms with Crippen LogP contribution in [0.1, 0.15) is 58.9 Å². The van der Waals surface area contributed by atoms with Gasteiger partial charge in [0.25, 0.3) is 0 Å². The highest BCUT2D eigenvalue weighted by Crippen LogP contribution is 2.44. The summed E-state index contributed by atoms with van der Waals surface area (Å²) in [5, 5.41) is 3.56. The van der Waals surface area contributed by atoms with Crippen LogP contribution < -0.4 is 5.32 Å². The molecule has 0 saturated carbocycles. The molecule has 41 heavy (non-hydrogen) atoms. The topological polar surface area (TPSA) is 132 Å². The van der Waals surface area contributed by atoms with Crippen LogP contribution in [-0.4, -0.2) is 102 Å². The van der Waals surface area contributed by atoms with Crippen molar-refractivity contribution >= 4 is 38.8 Å². The van der Waals surface area contributed by atoms with Crippen LogP contribution in [0, 0.1) is 5.82 Å². The number of aromatic nitrogens is 1. The molecule has 1 aromatic heterocycles. The predicted octanol–water partition coefficient (Wildman–Crippen LogP) is 2.79. The number of likely N-dealkylation sites (tertiary alicyclic amines) is 1. The number of sulfonamides is 1. The third kappa shape index (κ3) is 6.20. The molecule has 0 aliphatic carbocycles. The molecule has 11 nitrogen and oxygen atoms in total. The van der Waals surface area contributed by atoms with Crippen LogP contribution in [0.4, 0.5) is 9.18 Å². The van der Waals surface area contributed by atoms with Gasteiger partial charge in [0.1, 0.15) is 23.5 Å². The number of H-pyrrole nitrogens is 1. The first kappa shape index (κ1) is 30.8. The van der Waals surface area contributed by atoms with E-state index in [2.05, 4.69) is 10.3 Å². The minimum Gasteiger partial charge on any atom is -0.444 e. The molecule has 2 aliphatic rings. The van der Waals surface area contributed by atoms with Gasteiger partial charge in [0.2, 0.25) is 21.8 Å². The maximum atomic E-state index is 13.9. The molecule has 2 aromatic rings. The molecule has 3 amide bonds. The Balaban J connectivity index is 1.58. The quantitative estimate of drug-likeness (QED) is 0.508. The van der Waals surface area contributed by atoms with Gasteiger partial charge in [0, 0.05) is 49.2 Å². The summed E-state index contributed by atoms with van der Waals surface area (Å²) in [7, 11) is -2.11. The number of hydrogen-bond donors (Lipinski definition) is 2. The van der Waals surface area contributed by atoms with Crippen molar-refractivity contribution in [3.8, 4) is 0 Å². The smallest absolute Gasteiger partial charge is 0.410 e. The van der Waals surface area contributed by atoms with Crippen molar-refractivity contribution in [1.29, 1.82) is 0 Å². The van der Waals surface area contributed by atoms with E-state index >= 15 is 0 Å². The zero-order chi connectivity index (χ0) is 30.4. The van der Waals surface area contributed by atoms with E-state index in [-0.39, 0.29) is 18.4 Å². The number of hydrogen-bond acceptors (Lipinski definition) is 6. The number of carbonyl (C=O) groups is 3. The highest BCUT2D eigenvalue weighted by molar-refractivity contribution is 7.88. The van der Waals surface area contributed by atoms with Crippen molar-refractivity contribution in [2.75, 3.05) is 26.4 Å². The van der Waals surface area contributed by atoms with Crippen LogP contribution in [0.5, 0.6) is 0 Å². The molecule has 0 bridgehead atoms. The Hall–Kier alpha value is -3.19. The lowest BCUT2D eigenvalue weighted by atomic mass is 9.91. The van der Waals surface area contributed by atoms with Crippen LogP contribution in [0.3, 0.4) is 0 Å². The van der Waals surface area contributed by atoms with Crippen LogP contribution in [0.25, 0.3) is 10.9 Å². The van der Waals surface area contributed by atoms with E-state index < -0.39 is 57.6 Å². The van der Waals surface area contributed by atoms with Gasteiger partial charge in [0.05, 0.1) is 12.3 Å². The molecule has 2 saturated heterocycles. The van der Waals surface area contributed by atoms with E-state index in [1.165, 1.54) is 34.6 Å². The zero-order valence-corrected chi connectivity index (χ0v) is 25.4. The Morgan fingerprint density at radius 3 is 2.56 bits per heavy atom. The minimum atomic E-state index is -3.57. The first-order valence-corrected chi connectivity index (χ1v) is 15.7. The van der Waals surface area contributed by atoms with Crippen molar-refractivity contribution in [2.24, 2.45) is 0 Å². The molecule has 1 aromatic carbocycles. The van der Waals surface area contributed by atoms with Crippen molar-refractivity contribution in [1.82, 2.24) is 24.4 Å². The average molecular weight is 594 g/mol. The number of likely N-dealkylation sites (N-methyl/N-ethyl adjacent to an activating group) is 1. The second-order valence-electron chi connectivity index (χ2n) is 12.0. The molecular formula is C28H40FN5O6S. The monoisotopic (exact) mass is 593 g/mol. The number of ether oxygens (including phenoxy) is 1. The van der Waals surface area contributed by atoms with Gasteiger partial charge in [-0.05, 0) is 64.3 Å². The fourth-order valence-corrected chi connectivity index (χ4v) is 7.04. The summed E-state index contributed by atoms with van der Waals surface area (Å²) >= 11 is 0. The Morgan fingerprint density at radius 2 is 1.95 bits per heavy atom. The van der Waals surface area contributed by atoms with E-state index in [4.69, 9.17) is 4.74 Å². The molecule has 3 heterocycles. The van der Waals surface area contributed by atoms with E-state index in [0.717, 1.165) is 10.9 Å². The first-order chi connectivity index (χ1) is 19.0. The van der Waals surface area contributed by atoms with Crippen LogP contribution in [-0.2, 0) is 24.3 Å². The van der Waals surface area contributed by atoms with Crippen molar-refractivity contribution in [2.45, 2.75) is 83.1 Å². The molecule has 4 rings (SSSR count). The highest BCUT2D eigenvalue weighted by Gasteiger charge is 2.54. The molecule has 226 valence electrons. The fraction of sp³-hybridized carbons (Fsp3) is 0.607. The van der Waals surface area contributed by atoms with Crippen molar-refractivity contribution < 1.29 is 31.9 Å². The van der Waals surface area contributed by atoms with Gasteiger partial charge in [-0.25, -0.2) is 17.6 Å². The van der Waals surface area contributed by atoms with E-state index in [1.54, 1.807) is 51.8 Å². The lowest BCUT2D eigenvalue weighted by Crippen LogP contribution is -2.55. The molecule has 2 N–H and O–H groups in total. The van der Waals surface area contributed by atoms with E-state index in [1.807, 2.05) is 0 Å². The average Bonchev–Trinajstić information content (AvgIpc) is 3.58. The van der Waals surface area contributed by atoms with Gasteiger partial charge >= 0.3 is 6.09 Å². The number of carbonyl (C=O) groups excluding carboxylic acids is 3. The van der Waals surface area contributed by atoms with Gasteiger partial charge in [-0.15, -0.1) is 0 Å². The van der Waals surface area contributed by atoms with Gasteiger partial charge in [0.15, 0.2) is 0 Å². The predicted molar refractivity (Wildman–Crippen MR) is 152 cm³/mol. The summed E-state index contributed by atoms with van der Waals surface area (Å²) in [5.41, 5.74) is 0.671. The number of nitrogens with zero attached hydrogens (tertiary/aromatic N) is 3. The molecule has 5 atom stereocenters. The summed E-state index contributed by atoms with van der Waals surface area (Å²) in [5.74, 6) is -1.56. The number of aromatic amines is 1. The third-order valence-corrected chi connectivity index (χ3v) is 9.30. The summed E-state index contributed by atoms with van der Waals surface area (Å²) in [6.07, 6.45) is 3.02. The van der Waals surface area contributed by atoms with E-state index in [9.17, 15) is 27.2 Å². The molecular weight excluding hydrogens is 553 g/mol. The lowest BCUT2D eigenvalue weighted by Gasteiger charge is -2.33.